The van der Waals surface area contributed by atoms with Gasteiger partial charge < -0.3 is 5.32 Å². The molecule has 0 radical (unpaired) electrons. The fourth-order valence-corrected chi connectivity index (χ4v) is 4.08. The quantitative estimate of drug-likeness (QED) is 0.567. The summed E-state index contributed by atoms with van der Waals surface area (Å²) < 4.78 is 2.15. The largest absolute Gasteiger partial charge is 0.349 e. The van der Waals surface area contributed by atoms with Crippen molar-refractivity contribution in [3.8, 4) is 11.4 Å². The van der Waals surface area contributed by atoms with Crippen molar-refractivity contribution in [3.63, 3.8) is 0 Å². The van der Waals surface area contributed by atoms with Gasteiger partial charge in [-0.2, -0.15) is 0 Å². The first-order valence-corrected chi connectivity index (χ1v) is 11.0. The lowest BCUT2D eigenvalue weighted by atomic mass is 10.1. The molecular weight excluding hydrogens is 382 g/mol. The van der Waals surface area contributed by atoms with Gasteiger partial charge in [-0.25, -0.2) is 0 Å². The number of hydrogen-bond acceptors (Lipinski definition) is 5. The van der Waals surface area contributed by atoms with Gasteiger partial charge in [-0.3, -0.25) is 14.3 Å². The van der Waals surface area contributed by atoms with Crippen molar-refractivity contribution in [1.82, 2.24) is 25.1 Å². The Hall–Kier alpha value is -2.67. The molecule has 1 unspecified atom stereocenters. The number of carbonyl (C=O) groups excluding carboxylic acids is 1. The summed E-state index contributed by atoms with van der Waals surface area (Å²) in [6, 6.07) is 12.7. The third-order valence-electron chi connectivity index (χ3n) is 5.09. The Labute approximate surface area is 175 Å². The molecule has 3 aromatic rings. The number of aryl methyl sites for hydroxylation is 1. The third-order valence-corrected chi connectivity index (χ3v) is 6.04. The van der Waals surface area contributed by atoms with Gasteiger partial charge in [-0.1, -0.05) is 43.0 Å². The second-order valence-corrected chi connectivity index (χ2v) is 8.26. The Bertz CT molecular complexity index is 967. The van der Waals surface area contributed by atoms with Gasteiger partial charge >= 0.3 is 0 Å². The number of aromatic nitrogens is 4. The Kier molecular flexibility index (Phi) is 5.94. The molecule has 7 heteroatoms. The number of hydrogen-bond donors (Lipinski definition) is 1. The molecule has 6 nitrogen and oxygen atoms in total. The number of rotatable bonds is 8. The summed E-state index contributed by atoms with van der Waals surface area (Å²) in [5, 5.41) is 12.6. The van der Waals surface area contributed by atoms with Crippen molar-refractivity contribution in [1.29, 1.82) is 0 Å². The average molecular weight is 408 g/mol. The van der Waals surface area contributed by atoms with E-state index < -0.39 is 0 Å². The van der Waals surface area contributed by atoms with Crippen molar-refractivity contribution in [3.05, 3.63) is 59.9 Å². The topological polar surface area (TPSA) is 72.7 Å². The summed E-state index contributed by atoms with van der Waals surface area (Å²) in [4.78, 5) is 16.7. The van der Waals surface area contributed by atoms with E-state index in [1.54, 1.807) is 12.4 Å². The number of nitrogens with one attached hydrogen (secondary N) is 1. The SMILES string of the molecule is CCc1ccc(C(C)NC(=O)CSc2nnc(-c3cccnc3)n2C2CC2)cc1. The molecular formula is C22H25N5OS. The average Bonchev–Trinajstić information content (AvgIpc) is 3.51. The molecule has 1 fully saturated rings. The lowest BCUT2D eigenvalue weighted by Gasteiger charge is -2.15. The van der Waals surface area contributed by atoms with Crippen molar-refractivity contribution in [2.24, 2.45) is 0 Å². The molecule has 2 heterocycles. The van der Waals surface area contributed by atoms with Crippen molar-refractivity contribution in [2.45, 2.75) is 50.4 Å². The van der Waals surface area contributed by atoms with Crippen molar-refractivity contribution < 1.29 is 4.79 Å². The van der Waals surface area contributed by atoms with Gasteiger partial charge in [0.15, 0.2) is 11.0 Å². The first-order valence-electron chi connectivity index (χ1n) is 10.0. The van der Waals surface area contributed by atoms with E-state index in [9.17, 15) is 4.79 Å². The van der Waals surface area contributed by atoms with Gasteiger partial charge in [0.2, 0.25) is 5.91 Å². The lowest BCUT2D eigenvalue weighted by Crippen LogP contribution is -2.28. The summed E-state index contributed by atoms with van der Waals surface area (Å²) in [7, 11) is 0. The molecule has 1 saturated carbocycles. The van der Waals surface area contributed by atoms with E-state index in [0.29, 0.717) is 11.8 Å². The van der Waals surface area contributed by atoms with Crippen LogP contribution in [0.15, 0.2) is 53.9 Å². The van der Waals surface area contributed by atoms with Crippen LogP contribution in [0.5, 0.6) is 0 Å². The number of carbonyl (C=O) groups is 1. The van der Waals surface area contributed by atoms with Gasteiger partial charge in [0, 0.05) is 24.0 Å². The molecule has 2 aromatic heterocycles. The zero-order chi connectivity index (χ0) is 20.2. The molecule has 1 aliphatic rings. The maximum absolute atomic E-state index is 12.5. The van der Waals surface area contributed by atoms with Gasteiger partial charge in [0.25, 0.3) is 0 Å². The van der Waals surface area contributed by atoms with Crippen LogP contribution in [0.2, 0.25) is 0 Å². The molecule has 1 amide bonds. The molecule has 0 aliphatic heterocycles. The molecule has 1 atom stereocenters. The number of thioether (sulfide) groups is 1. The minimum Gasteiger partial charge on any atom is -0.349 e. The van der Waals surface area contributed by atoms with Gasteiger partial charge in [-0.05, 0) is 49.4 Å². The monoisotopic (exact) mass is 407 g/mol. The summed E-state index contributed by atoms with van der Waals surface area (Å²) in [6.45, 7) is 4.15. The highest BCUT2D eigenvalue weighted by molar-refractivity contribution is 7.99. The molecule has 1 aromatic carbocycles. The summed E-state index contributed by atoms with van der Waals surface area (Å²) in [5.74, 6) is 1.14. The predicted molar refractivity (Wildman–Crippen MR) is 115 cm³/mol. The van der Waals surface area contributed by atoms with Crippen LogP contribution in [0.3, 0.4) is 0 Å². The third kappa shape index (κ3) is 4.67. The lowest BCUT2D eigenvalue weighted by molar-refractivity contribution is -0.119. The fraction of sp³-hybridized carbons (Fsp3) is 0.364. The molecule has 1 aliphatic carbocycles. The normalized spacial score (nSPS) is 14.6. The molecule has 150 valence electrons. The molecule has 0 spiro atoms. The highest BCUT2D eigenvalue weighted by Crippen LogP contribution is 2.40. The maximum Gasteiger partial charge on any atom is 0.230 e. The molecule has 1 N–H and O–H groups in total. The molecule has 29 heavy (non-hydrogen) atoms. The zero-order valence-electron chi connectivity index (χ0n) is 16.7. The van der Waals surface area contributed by atoms with E-state index in [4.69, 9.17) is 0 Å². The van der Waals surface area contributed by atoms with Gasteiger partial charge in [-0.15, -0.1) is 10.2 Å². The first-order chi connectivity index (χ1) is 14.2. The molecule has 0 bridgehead atoms. The van der Waals surface area contributed by atoms with Crippen LogP contribution in [0.25, 0.3) is 11.4 Å². The van der Waals surface area contributed by atoms with Crippen LogP contribution in [0.1, 0.15) is 49.9 Å². The standard InChI is InChI=1S/C22H25N5OS/c1-3-16-6-8-17(9-7-16)15(2)24-20(28)14-29-22-26-25-21(27(22)19-10-11-19)18-5-4-12-23-13-18/h4-9,12-13,15,19H,3,10-11,14H2,1-2H3,(H,24,28). The number of benzene rings is 1. The first kappa shape index (κ1) is 19.6. The van der Waals surface area contributed by atoms with Gasteiger partial charge in [0.05, 0.1) is 11.8 Å². The Morgan fingerprint density at radius 1 is 1.24 bits per heavy atom. The molecule has 0 saturated heterocycles. The van der Waals surface area contributed by atoms with Crippen molar-refractivity contribution in [2.75, 3.05) is 5.75 Å². The Morgan fingerprint density at radius 3 is 2.69 bits per heavy atom. The highest BCUT2D eigenvalue weighted by atomic mass is 32.2. The summed E-state index contributed by atoms with van der Waals surface area (Å²) in [6.07, 6.45) is 6.81. The minimum atomic E-state index is -0.0266. The van der Waals surface area contributed by atoms with Gasteiger partial charge in [0.1, 0.15) is 0 Å². The summed E-state index contributed by atoms with van der Waals surface area (Å²) in [5.41, 5.74) is 3.36. The number of amides is 1. The predicted octanol–water partition coefficient (Wildman–Crippen LogP) is 4.21. The number of nitrogens with zero attached hydrogens (tertiary/aromatic N) is 4. The van der Waals surface area contributed by atoms with Crippen LogP contribution in [0, 0.1) is 0 Å². The molecule has 4 rings (SSSR count). The number of pyridine rings is 1. The Balaban J connectivity index is 1.40. The fourth-order valence-electron chi connectivity index (χ4n) is 3.27. The van der Waals surface area contributed by atoms with Crippen molar-refractivity contribution >= 4 is 17.7 Å². The van der Waals surface area contributed by atoms with Crippen LogP contribution >= 0.6 is 11.8 Å². The van der Waals surface area contributed by atoms with E-state index in [1.807, 2.05) is 19.1 Å². The maximum atomic E-state index is 12.5. The van der Waals surface area contributed by atoms with E-state index in [1.165, 1.54) is 17.3 Å². The van der Waals surface area contributed by atoms with Crippen LogP contribution < -0.4 is 5.32 Å². The minimum absolute atomic E-state index is 0.00431. The summed E-state index contributed by atoms with van der Waals surface area (Å²) >= 11 is 1.44. The second kappa shape index (κ2) is 8.78. The van der Waals surface area contributed by atoms with Crippen LogP contribution in [-0.2, 0) is 11.2 Å². The smallest absolute Gasteiger partial charge is 0.230 e. The van der Waals surface area contributed by atoms with E-state index in [0.717, 1.165) is 41.4 Å². The van der Waals surface area contributed by atoms with E-state index in [-0.39, 0.29) is 11.9 Å². The van der Waals surface area contributed by atoms with Crippen LogP contribution in [-0.4, -0.2) is 31.4 Å². The van der Waals surface area contributed by atoms with E-state index in [2.05, 4.69) is 56.3 Å². The highest BCUT2D eigenvalue weighted by Gasteiger charge is 2.30. The van der Waals surface area contributed by atoms with E-state index >= 15 is 0 Å². The zero-order valence-corrected chi connectivity index (χ0v) is 17.5. The second-order valence-electron chi connectivity index (χ2n) is 7.32. The Morgan fingerprint density at radius 2 is 2.03 bits per heavy atom. The van der Waals surface area contributed by atoms with Crippen LogP contribution in [0.4, 0.5) is 0 Å².